The van der Waals surface area contributed by atoms with E-state index in [9.17, 15) is 4.79 Å². The molecule has 180 valence electrons. The molecular formula is C24H32N8O2. The van der Waals surface area contributed by atoms with Crippen LogP contribution < -0.4 is 9.80 Å². The largest absolute Gasteiger partial charge is 0.370 e. The molecule has 6 rings (SSSR count). The highest BCUT2D eigenvalue weighted by Crippen LogP contribution is 2.41. The van der Waals surface area contributed by atoms with Crippen LogP contribution in [0.4, 0.5) is 11.7 Å². The van der Waals surface area contributed by atoms with Gasteiger partial charge >= 0.3 is 6.01 Å². The first-order valence-corrected chi connectivity index (χ1v) is 12.3. The lowest BCUT2D eigenvalue weighted by molar-refractivity contribution is 0.0764. The average molecular weight is 465 g/mol. The van der Waals surface area contributed by atoms with Gasteiger partial charge in [-0.15, -0.1) is 5.10 Å². The van der Waals surface area contributed by atoms with Crippen molar-refractivity contribution in [3.8, 4) is 0 Å². The molecule has 2 atom stereocenters. The third-order valence-electron chi connectivity index (χ3n) is 8.35. The van der Waals surface area contributed by atoms with Crippen LogP contribution in [0.15, 0.2) is 23.1 Å². The van der Waals surface area contributed by atoms with Gasteiger partial charge in [-0.2, -0.15) is 4.98 Å². The van der Waals surface area contributed by atoms with E-state index >= 15 is 0 Å². The van der Waals surface area contributed by atoms with Crippen LogP contribution in [0, 0.1) is 17.8 Å². The molecule has 0 saturated carbocycles. The molecule has 0 aromatic carbocycles. The Hall–Kier alpha value is -3.17. The molecular weight excluding hydrogens is 432 g/mol. The van der Waals surface area contributed by atoms with Crippen LogP contribution in [0.25, 0.3) is 5.65 Å². The van der Waals surface area contributed by atoms with E-state index < -0.39 is 0 Å². The Labute approximate surface area is 198 Å². The summed E-state index contributed by atoms with van der Waals surface area (Å²) in [7, 11) is 0. The van der Waals surface area contributed by atoms with Crippen molar-refractivity contribution in [1.82, 2.24) is 29.6 Å². The van der Waals surface area contributed by atoms with E-state index in [0.29, 0.717) is 18.0 Å². The number of amides is 1. The SMILES string of the molecule is CC[C@@]1(C)CCN(c2cc(C)c3nc(C(=O)N4CCC5(CCN(c6ncno6)C5)C4)nn3c2)C1. The summed E-state index contributed by atoms with van der Waals surface area (Å²) < 4.78 is 7.02. The molecule has 3 fully saturated rings. The van der Waals surface area contributed by atoms with Crippen molar-refractivity contribution >= 4 is 23.3 Å². The summed E-state index contributed by atoms with van der Waals surface area (Å²) >= 11 is 0. The minimum atomic E-state index is -0.0857. The van der Waals surface area contributed by atoms with Gasteiger partial charge in [-0.3, -0.25) is 4.79 Å². The number of nitrogens with zero attached hydrogens (tertiary/aromatic N) is 8. The molecule has 3 aromatic rings. The lowest BCUT2D eigenvalue weighted by Gasteiger charge is -2.24. The number of pyridine rings is 1. The molecule has 0 bridgehead atoms. The highest BCUT2D eigenvalue weighted by Gasteiger charge is 2.46. The molecule has 0 N–H and O–H groups in total. The second-order valence-electron chi connectivity index (χ2n) is 10.8. The highest BCUT2D eigenvalue weighted by atomic mass is 16.5. The van der Waals surface area contributed by atoms with Gasteiger partial charge in [0.25, 0.3) is 5.91 Å². The van der Waals surface area contributed by atoms with Gasteiger partial charge in [0, 0.05) is 44.7 Å². The van der Waals surface area contributed by atoms with Crippen LogP contribution in [-0.4, -0.2) is 74.8 Å². The number of aryl methyl sites for hydroxylation is 1. The average Bonchev–Trinajstić information content (AvgIpc) is 3.64. The second kappa shape index (κ2) is 7.68. The Morgan fingerprint density at radius 2 is 1.94 bits per heavy atom. The molecule has 3 aliphatic heterocycles. The summed E-state index contributed by atoms with van der Waals surface area (Å²) in [6.45, 7) is 11.9. The molecule has 10 nitrogen and oxygen atoms in total. The van der Waals surface area contributed by atoms with Gasteiger partial charge in [-0.05, 0) is 49.7 Å². The third kappa shape index (κ3) is 3.50. The second-order valence-corrected chi connectivity index (χ2v) is 10.8. The summed E-state index contributed by atoms with van der Waals surface area (Å²) in [4.78, 5) is 28.6. The van der Waals surface area contributed by atoms with Crippen LogP contribution in [0.2, 0.25) is 0 Å². The van der Waals surface area contributed by atoms with Gasteiger partial charge in [0.15, 0.2) is 12.0 Å². The van der Waals surface area contributed by atoms with Gasteiger partial charge in [-0.1, -0.05) is 19.0 Å². The van der Waals surface area contributed by atoms with Crippen molar-refractivity contribution in [2.45, 2.75) is 46.5 Å². The third-order valence-corrected chi connectivity index (χ3v) is 8.35. The summed E-state index contributed by atoms with van der Waals surface area (Å²) in [6.07, 6.45) is 7.80. The number of carbonyl (C=O) groups is 1. The van der Waals surface area contributed by atoms with E-state index in [0.717, 1.165) is 62.5 Å². The first-order valence-electron chi connectivity index (χ1n) is 12.3. The topological polar surface area (TPSA) is 95.9 Å². The molecule has 1 spiro atoms. The highest BCUT2D eigenvalue weighted by molar-refractivity contribution is 5.91. The number of likely N-dealkylation sites (tertiary alicyclic amines) is 1. The molecule has 1 amide bonds. The predicted molar refractivity (Wildman–Crippen MR) is 127 cm³/mol. The number of hydrogen-bond acceptors (Lipinski definition) is 8. The van der Waals surface area contributed by atoms with E-state index in [1.54, 1.807) is 4.52 Å². The maximum absolute atomic E-state index is 13.4. The van der Waals surface area contributed by atoms with E-state index in [-0.39, 0.29) is 17.1 Å². The number of rotatable bonds is 4. The normalized spacial score (nSPS) is 27.1. The zero-order valence-electron chi connectivity index (χ0n) is 20.2. The van der Waals surface area contributed by atoms with Crippen molar-refractivity contribution in [2.24, 2.45) is 10.8 Å². The molecule has 3 aromatic heterocycles. The molecule has 34 heavy (non-hydrogen) atoms. The van der Waals surface area contributed by atoms with Crippen molar-refractivity contribution in [3.63, 3.8) is 0 Å². The Kier molecular flexibility index (Phi) is 4.82. The van der Waals surface area contributed by atoms with Crippen LogP contribution in [-0.2, 0) is 0 Å². The molecule has 3 aliphatic rings. The lowest BCUT2D eigenvalue weighted by Crippen LogP contribution is -2.34. The molecule has 3 saturated heterocycles. The quantitative estimate of drug-likeness (QED) is 0.582. The zero-order chi connectivity index (χ0) is 23.5. The number of aromatic nitrogens is 5. The van der Waals surface area contributed by atoms with E-state index in [1.807, 2.05) is 18.0 Å². The maximum Gasteiger partial charge on any atom is 0.323 e. The molecule has 0 radical (unpaired) electrons. The van der Waals surface area contributed by atoms with Crippen molar-refractivity contribution in [3.05, 3.63) is 30.0 Å². The smallest absolute Gasteiger partial charge is 0.323 e. The Morgan fingerprint density at radius 1 is 1.12 bits per heavy atom. The fraction of sp³-hybridized carbons (Fsp3) is 0.625. The molecule has 1 unspecified atom stereocenters. The van der Waals surface area contributed by atoms with Crippen LogP contribution in [0.1, 0.15) is 55.7 Å². The van der Waals surface area contributed by atoms with Crippen LogP contribution in [0.5, 0.6) is 0 Å². The Morgan fingerprint density at radius 3 is 2.71 bits per heavy atom. The minimum absolute atomic E-state index is 0.0635. The monoisotopic (exact) mass is 464 g/mol. The number of fused-ring (bicyclic) bond motifs is 1. The van der Waals surface area contributed by atoms with Gasteiger partial charge in [0.2, 0.25) is 5.82 Å². The van der Waals surface area contributed by atoms with E-state index in [4.69, 9.17) is 4.52 Å². The standard InChI is InChI=1S/C24H32N8O2/c1-4-23(3)5-8-29(13-23)18-11-17(2)20-27-19(28-32(20)12-18)21(33)30-9-6-24(14-30)7-10-31(15-24)22-25-16-26-34-22/h11-12,16H,4-10,13-15H2,1-3H3/t23-,24?/m0/s1. The van der Waals surface area contributed by atoms with Gasteiger partial charge in [0.1, 0.15) is 0 Å². The summed E-state index contributed by atoms with van der Waals surface area (Å²) in [5.41, 5.74) is 3.36. The van der Waals surface area contributed by atoms with Crippen molar-refractivity contribution in [2.75, 3.05) is 49.1 Å². The molecule has 10 heteroatoms. The first-order chi connectivity index (χ1) is 16.4. The fourth-order valence-electron chi connectivity index (χ4n) is 5.92. The van der Waals surface area contributed by atoms with Crippen LogP contribution >= 0.6 is 0 Å². The summed E-state index contributed by atoms with van der Waals surface area (Å²) in [5.74, 6) is 0.196. The van der Waals surface area contributed by atoms with Gasteiger partial charge in [-0.25, -0.2) is 9.50 Å². The summed E-state index contributed by atoms with van der Waals surface area (Å²) in [5, 5.41) is 8.34. The van der Waals surface area contributed by atoms with E-state index in [2.05, 4.69) is 49.9 Å². The lowest BCUT2D eigenvalue weighted by atomic mass is 9.86. The zero-order valence-corrected chi connectivity index (χ0v) is 20.2. The number of anilines is 2. The van der Waals surface area contributed by atoms with Gasteiger partial charge in [0.05, 0.1) is 11.9 Å². The predicted octanol–water partition coefficient (Wildman–Crippen LogP) is 2.79. The maximum atomic E-state index is 13.4. The minimum Gasteiger partial charge on any atom is -0.370 e. The van der Waals surface area contributed by atoms with Crippen molar-refractivity contribution < 1.29 is 9.32 Å². The van der Waals surface area contributed by atoms with E-state index in [1.165, 1.54) is 19.2 Å². The van der Waals surface area contributed by atoms with Crippen molar-refractivity contribution in [1.29, 1.82) is 0 Å². The fourth-order valence-corrected chi connectivity index (χ4v) is 5.92. The molecule has 0 aliphatic carbocycles. The number of carbonyl (C=O) groups excluding carboxylic acids is 1. The van der Waals surface area contributed by atoms with Crippen LogP contribution in [0.3, 0.4) is 0 Å². The van der Waals surface area contributed by atoms with Gasteiger partial charge < -0.3 is 19.2 Å². The Balaban J connectivity index is 1.19. The first kappa shape index (κ1) is 21.4. The Bertz CT molecular complexity index is 1220. The summed E-state index contributed by atoms with van der Waals surface area (Å²) in [6, 6.07) is 2.74. The molecule has 6 heterocycles. The number of hydrogen-bond donors (Lipinski definition) is 0.